The third-order valence-electron chi connectivity index (χ3n) is 7.41. The number of piperidine rings is 1. The second kappa shape index (κ2) is 12.0. The number of aryl methyl sites for hydroxylation is 2. The van der Waals surface area contributed by atoms with Gasteiger partial charge < -0.3 is 14.8 Å². The average molecular weight is 487 g/mol. The lowest BCUT2D eigenvalue weighted by Crippen LogP contribution is -2.38. The summed E-state index contributed by atoms with van der Waals surface area (Å²) in [4.78, 5) is 24.9. The minimum atomic E-state index is 0.250. The van der Waals surface area contributed by atoms with Crippen molar-refractivity contribution >= 4 is 28.6 Å². The first-order chi connectivity index (χ1) is 17.2. The number of rotatable bonds is 6. The van der Waals surface area contributed by atoms with Crippen molar-refractivity contribution in [1.82, 2.24) is 9.88 Å². The molecule has 1 aliphatic heterocycles. The van der Waals surface area contributed by atoms with E-state index in [1.165, 1.54) is 53.7 Å². The summed E-state index contributed by atoms with van der Waals surface area (Å²) in [6.45, 7) is 15.9. The normalized spacial score (nSPS) is 14.4. The molecule has 4 rings (SSSR count). The van der Waals surface area contributed by atoms with Crippen LogP contribution < -0.4 is 4.90 Å². The molecule has 0 spiro atoms. The molecule has 1 N–H and O–H groups in total. The minimum absolute atomic E-state index is 0.250. The summed E-state index contributed by atoms with van der Waals surface area (Å²) in [5.74, 6) is 1.76. The number of anilines is 2. The Hall–Kier alpha value is -3.39. The highest BCUT2D eigenvalue weighted by molar-refractivity contribution is 5.91. The zero-order valence-corrected chi connectivity index (χ0v) is 22.4. The van der Waals surface area contributed by atoms with Crippen molar-refractivity contribution in [3.05, 3.63) is 58.7 Å². The number of H-pyrrole nitrogens is 1. The van der Waals surface area contributed by atoms with Crippen molar-refractivity contribution in [3.8, 4) is 6.07 Å². The van der Waals surface area contributed by atoms with Gasteiger partial charge in [0, 0.05) is 28.7 Å². The van der Waals surface area contributed by atoms with Crippen LogP contribution in [0.4, 0.5) is 11.5 Å². The Morgan fingerprint density at radius 2 is 1.75 bits per heavy atom. The van der Waals surface area contributed by atoms with Crippen molar-refractivity contribution < 1.29 is 9.59 Å². The van der Waals surface area contributed by atoms with E-state index in [0.717, 1.165) is 17.8 Å². The Morgan fingerprint density at radius 3 is 2.31 bits per heavy atom. The van der Waals surface area contributed by atoms with Crippen molar-refractivity contribution in [1.29, 1.82) is 5.26 Å². The molecular formula is C30H38N4O2. The Kier molecular flexibility index (Phi) is 9.09. The first kappa shape index (κ1) is 27.2. The summed E-state index contributed by atoms with van der Waals surface area (Å²) in [7, 11) is 0. The molecule has 3 aromatic rings. The van der Waals surface area contributed by atoms with E-state index in [2.05, 4.69) is 86.7 Å². The molecule has 2 heterocycles. The van der Waals surface area contributed by atoms with Gasteiger partial charge in [-0.15, -0.1) is 0 Å². The highest BCUT2D eigenvalue weighted by Gasteiger charge is 2.26. The van der Waals surface area contributed by atoms with Gasteiger partial charge in [0.15, 0.2) is 0 Å². The number of hydrogen-bond acceptors (Lipinski definition) is 5. The molecule has 1 saturated heterocycles. The van der Waals surface area contributed by atoms with Crippen molar-refractivity contribution in [2.24, 2.45) is 0 Å². The molecular weight excluding hydrogens is 448 g/mol. The van der Waals surface area contributed by atoms with E-state index in [0.29, 0.717) is 23.6 Å². The molecule has 6 nitrogen and oxygen atoms in total. The summed E-state index contributed by atoms with van der Waals surface area (Å²) in [5, 5.41) is 10.5. The summed E-state index contributed by atoms with van der Waals surface area (Å²) >= 11 is 0. The van der Waals surface area contributed by atoms with E-state index in [4.69, 9.17) is 9.59 Å². The van der Waals surface area contributed by atoms with Gasteiger partial charge in [-0.05, 0) is 114 Å². The number of benzene rings is 2. The smallest absolute Gasteiger partial charge is 0.341 e. The minimum Gasteiger partial charge on any atom is -0.341 e. The van der Waals surface area contributed by atoms with Crippen LogP contribution in [-0.4, -0.2) is 41.2 Å². The molecule has 1 aliphatic rings. The number of likely N-dealkylation sites (tertiary alicyclic amines) is 1. The van der Waals surface area contributed by atoms with Crippen molar-refractivity contribution in [3.63, 3.8) is 0 Å². The summed E-state index contributed by atoms with van der Waals surface area (Å²) in [5.41, 5.74) is 7.21. The number of carbonyl (C=O) groups excluding carboxylic acids is 2. The number of aromatic nitrogens is 1. The number of fused-ring (bicyclic) bond motifs is 1. The summed E-state index contributed by atoms with van der Waals surface area (Å²) in [6.07, 6.45) is 3.79. The molecule has 190 valence electrons. The quantitative estimate of drug-likeness (QED) is 0.432. The Balaban J connectivity index is 0.00000115. The molecule has 1 fully saturated rings. The van der Waals surface area contributed by atoms with Crippen LogP contribution in [0.25, 0.3) is 10.9 Å². The van der Waals surface area contributed by atoms with Crippen molar-refractivity contribution in [2.45, 2.75) is 78.8 Å². The van der Waals surface area contributed by atoms with E-state index in [1.54, 1.807) is 0 Å². The van der Waals surface area contributed by atoms with E-state index in [9.17, 15) is 5.26 Å². The molecule has 0 amide bonds. The van der Waals surface area contributed by atoms with E-state index in [-0.39, 0.29) is 6.15 Å². The third-order valence-corrected chi connectivity index (χ3v) is 7.41. The molecule has 1 aromatic heterocycles. The second-order valence-corrected chi connectivity index (χ2v) is 10.2. The fraction of sp³-hybridized carbons (Fsp3) is 0.467. The Labute approximate surface area is 214 Å². The molecule has 0 radical (unpaired) electrons. The maximum Gasteiger partial charge on any atom is 0.373 e. The van der Waals surface area contributed by atoms with Gasteiger partial charge in [-0.3, -0.25) is 0 Å². The van der Waals surface area contributed by atoms with Crippen LogP contribution in [0.15, 0.2) is 36.4 Å². The van der Waals surface area contributed by atoms with Gasteiger partial charge in [0.1, 0.15) is 5.82 Å². The lowest BCUT2D eigenvalue weighted by atomic mass is 9.85. The van der Waals surface area contributed by atoms with Gasteiger partial charge in [-0.25, -0.2) is 0 Å². The average Bonchev–Trinajstić information content (AvgIpc) is 3.19. The molecule has 6 heteroatoms. The number of nitrogens with one attached hydrogen (secondary N) is 1. The number of aromatic amines is 1. The molecule has 0 saturated carbocycles. The molecule has 0 atom stereocenters. The predicted octanol–water partition coefficient (Wildman–Crippen LogP) is 6.46. The van der Waals surface area contributed by atoms with Crippen LogP contribution in [0.2, 0.25) is 0 Å². The van der Waals surface area contributed by atoms with Gasteiger partial charge in [0.2, 0.25) is 0 Å². The molecule has 2 aromatic carbocycles. The lowest BCUT2D eigenvalue weighted by molar-refractivity contribution is -0.191. The van der Waals surface area contributed by atoms with Crippen LogP contribution in [0, 0.1) is 18.3 Å². The highest BCUT2D eigenvalue weighted by Crippen LogP contribution is 2.38. The summed E-state index contributed by atoms with van der Waals surface area (Å²) in [6, 6.07) is 16.2. The van der Waals surface area contributed by atoms with Crippen LogP contribution >= 0.6 is 0 Å². The van der Waals surface area contributed by atoms with Crippen LogP contribution in [0.5, 0.6) is 0 Å². The fourth-order valence-electron chi connectivity index (χ4n) is 5.48. The number of hydrogen-bond donors (Lipinski definition) is 1. The van der Waals surface area contributed by atoms with Gasteiger partial charge in [0.25, 0.3) is 0 Å². The van der Waals surface area contributed by atoms with E-state index in [1.807, 2.05) is 12.1 Å². The predicted molar refractivity (Wildman–Crippen MR) is 145 cm³/mol. The fourth-order valence-corrected chi connectivity index (χ4v) is 5.48. The van der Waals surface area contributed by atoms with Crippen molar-refractivity contribution in [2.75, 3.05) is 18.0 Å². The largest absolute Gasteiger partial charge is 0.373 e. The molecule has 0 aliphatic carbocycles. The van der Waals surface area contributed by atoms with Crippen LogP contribution in [0.1, 0.15) is 75.6 Å². The summed E-state index contributed by atoms with van der Waals surface area (Å²) < 4.78 is 0. The van der Waals surface area contributed by atoms with E-state index < -0.39 is 0 Å². The van der Waals surface area contributed by atoms with Gasteiger partial charge in [-0.1, -0.05) is 19.1 Å². The monoisotopic (exact) mass is 486 g/mol. The van der Waals surface area contributed by atoms with Gasteiger partial charge >= 0.3 is 6.15 Å². The zero-order valence-electron chi connectivity index (χ0n) is 22.4. The van der Waals surface area contributed by atoms with Crippen LogP contribution in [0.3, 0.4) is 0 Å². The SMILES string of the molecule is CCc1ccc(N(c2[nH]c3cc(C#N)ccc3c2C)C(C)C)cc1C1CCN(C(C)C)CC1.O=C=O. The zero-order chi connectivity index (χ0) is 26.4. The van der Waals surface area contributed by atoms with Gasteiger partial charge in [0.05, 0.1) is 11.6 Å². The Morgan fingerprint density at radius 1 is 1.08 bits per heavy atom. The third kappa shape index (κ3) is 5.70. The first-order valence-electron chi connectivity index (χ1n) is 12.9. The second-order valence-electron chi connectivity index (χ2n) is 10.2. The van der Waals surface area contributed by atoms with Crippen LogP contribution in [-0.2, 0) is 16.0 Å². The number of nitrogens with zero attached hydrogens (tertiary/aromatic N) is 3. The maximum atomic E-state index is 9.32. The standard InChI is InChI=1S/C29H38N4.CO2/c1-7-23-9-10-25(17-27(23)24-12-14-32(15-13-24)19(2)3)33(20(4)5)29-21(6)26-11-8-22(18-30)16-28(26)31-29;2-1-3/h8-11,16-17,19-20,24,31H,7,12-15H2,1-6H3;. The Bertz CT molecular complexity index is 1250. The number of nitriles is 1. The molecule has 0 bridgehead atoms. The highest BCUT2D eigenvalue weighted by atomic mass is 16.2. The maximum absolute atomic E-state index is 9.32. The molecule has 36 heavy (non-hydrogen) atoms. The van der Waals surface area contributed by atoms with Gasteiger partial charge in [-0.2, -0.15) is 14.9 Å². The van der Waals surface area contributed by atoms with E-state index >= 15 is 0 Å². The molecule has 0 unspecified atom stereocenters. The lowest BCUT2D eigenvalue weighted by Gasteiger charge is -2.36. The topological polar surface area (TPSA) is 80.2 Å². The first-order valence-corrected chi connectivity index (χ1v) is 12.9.